The second-order valence-electron chi connectivity index (χ2n) is 27.3. The van der Waals surface area contributed by atoms with E-state index in [0.29, 0.717) is 25.7 Å². The Hall–Kier alpha value is -3.76. The van der Waals surface area contributed by atoms with E-state index in [9.17, 15) is 43.2 Å². The molecule has 0 aromatic rings. The minimum Gasteiger partial charge on any atom is -0.462 e. The van der Waals surface area contributed by atoms with Gasteiger partial charge < -0.3 is 33.8 Å². The van der Waals surface area contributed by atoms with E-state index in [-0.39, 0.29) is 25.7 Å². The molecule has 0 rings (SSSR count). The van der Waals surface area contributed by atoms with Crippen molar-refractivity contribution in [3.8, 4) is 0 Å². The molecule has 0 bridgehead atoms. The Morgan fingerprint density at radius 3 is 0.804 bits per heavy atom. The maximum Gasteiger partial charge on any atom is 0.472 e. The molecule has 0 aliphatic heterocycles. The van der Waals surface area contributed by atoms with Gasteiger partial charge in [0.25, 0.3) is 0 Å². The maximum absolute atomic E-state index is 13.1. The highest BCUT2D eigenvalue weighted by molar-refractivity contribution is 7.47. The van der Waals surface area contributed by atoms with Gasteiger partial charge in [0, 0.05) is 25.7 Å². The van der Waals surface area contributed by atoms with Crippen LogP contribution in [0.1, 0.15) is 362 Å². The fourth-order valence-electron chi connectivity index (χ4n) is 11.1. The summed E-state index contributed by atoms with van der Waals surface area (Å²) in [7, 11) is -9.96. The van der Waals surface area contributed by atoms with E-state index in [1.165, 1.54) is 103 Å². The van der Waals surface area contributed by atoms with E-state index in [1.807, 2.05) is 0 Å². The number of esters is 4. The summed E-state index contributed by atoms with van der Waals surface area (Å²) in [5.74, 6) is -2.19. The number of phosphoric acid groups is 2. The Morgan fingerprint density at radius 2 is 0.510 bits per heavy atom. The molecule has 0 aromatic heterocycles. The molecule has 0 heterocycles. The number of hydrogen-bond acceptors (Lipinski definition) is 15. The molecule has 5 atom stereocenters. The molecule has 0 fully saturated rings. The highest BCUT2D eigenvalue weighted by Gasteiger charge is 2.30. The van der Waals surface area contributed by atoms with Crippen molar-refractivity contribution in [1.82, 2.24) is 0 Å². The number of unbranched alkanes of at least 4 members (excludes halogenated alkanes) is 37. The van der Waals surface area contributed by atoms with Crippen molar-refractivity contribution in [2.45, 2.75) is 380 Å². The number of aliphatic hydroxyl groups excluding tert-OH is 1. The van der Waals surface area contributed by atoms with Crippen LogP contribution in [0, 0.1) is 0 Å². The first kappa shape index (κ1) is 98.2. The summed E-state index contributed by atoms with van der Waals surface area (Å²) < 4.78 is 68.7. The number of rotatable bonds is 77. The number of phosphoric ester groups is 2. The van der Waals surface area contributed by atoms with Gasteiger partial charge in [-0.2, -0.15) is 0 Å². The van der Waals surface area contributed by atoms with Gasteiger partial charge in [-0.25, -0.2) is 9.13 Å². The highest BCUT2D eigenvalue weighted by Crippen LogP contribution is 2.45. The van der Waals surface area contributed by atoms with Gasteiger partial charge in [0.2, 0.25) is 0 Å². The molecule has 0 amide bonds. The van der Waals surface area contributed by atoms with Crippen LogP contribution in [0.15, 0.2) is 85.1 Å². The van der Waals surface area contributed by atoms with E-state index in [1.54, 1.807) is 0 Å². The number of carbonyl (C=O) groups excluding carboxylic acids is 4. The molecule has 0 aliphatic carbocycles. The first-order valence-electron chi connectivity index (χ1n) is 40.8. The summed E-state index contributed by atoms with van der Waals surface area (Å²) in [5.41, 5.74) is 0. The van der Waals surface area contributed by atoms with Crippen molar-refractivity contribution in [3.63, 3.8) is 0 Å². The lowest BCUT2D eigenvalue weighted by Crippen LogP contribution is -2.30. The Kier molecular flexibility index (Phi) is 72.7. The molecule has 102 heavy (non-hydrogen) atoms. The van der Waals surface area contributed by atoms with Crippen molar-refractivity contribution >= 4 is 39.5 Å². The Balaban J connectivity index is 5.36. The lowest BCUT2D eigenvalue weighted by atomic mass is 10.0. The van der Waals surface area contributed by atoms with Gasteiger partial charge in [-0.15, -0.1) is 0 Å². The number of aliphatic hydroxyl groups is 1. The molecule has 3 N–H and O–H groups in total. The van der Waals surface area contributed by atoms with Crippen LogP contribution in [-0.2, 0) is 65.4 Å². The van der Waals surface area contributed by atoms with Gasteiger partial charge in [-0.05, 0) is 122 Å². The van der Waals surface area contributed by atoms with Crippen molar-refractivity contribution < 1.29 is 80.2 Å². The summed E-state index contributed by atoms with van der Waals surface area (Å²) >= 11 is 0. The van der Waals surface area contributed by atoms with Gasteiger partial charge in [0.1, 0.15) is 19.3 Å². The molecule has 0 radical (unpaired) electrons. The van der Waals surface area contributed by atoms with Gasteiger partial charge in [0.05, 0.1) is 26.4 Å². The van der Waals surface area contributed by atoms with Crippen LogP contribution >= 0.6 is 15.6 Å². The first-order valence-corrected chi connectivity index (χ1v) is 43.8. The second-order valence-corrected chi connectivity index (χ2v) is 30.2. The minimum absolute atomic E-state index is 0.0778. The molecule has 5 unspecified atom stereocenters. The van der Waals surface area contributed by atoms with Crippen LogP contribution < -0.4 is 0 Å². The predicted molar refractivity (Wildman–Crippen MR) is 418 cm³/mol. The molecule has 19 heteroatoms. The predicted octanol–water partition coefficient (Wildman–Crippen LogP) is 23.8. The molecule has 592 valence electrons. The van der Waals surface area contributed by atoms with Crippen molar-refractivity contribution in [2.24, 2.45) is 0 Å². The molecule has 0 aromatic carbocycles. The molecule has 0 saturated heterocycles. The van der Waals surface area contributed by atoms with Crippen LogP contribution in [0.2, 0.25) is 0 Å². The molecule has 0 saturated carbocycles. The zero-order valence-electron chi connectivity index (χ0n) is 64.8. The Bertz CT molecular complexity index is 2260. The Labute approximate surface area is 621 Å². The van der Waals surface area contributed by atoms with Crippen molar-refractivity contribution in [1.29, 1.82) is 0 Å². The topological polar surface area (TPSA) is 237 Å². The summed E-state index contributed by atoms with van der Waals surface area (Å²) in [4.78, 5) is 73.1. The van der Waals surface area contributed by atoms with Gasteiger partial charge in [-0.1, -0.05) is 299 Å². The third-order valence-corrected chi connectivity index (χ3v) is 19.2. The van der Waals surface area contributed by atoms with Gasteiger partial charge >= 0.3 is 39.5 Å². The zero-order valence-corrected chi connectivity index (χ0v) is 66.6. The molecule has 0 spiro atoms. The number of allylic oxidation sites excluding steroid dienone is 14. The lowest BCUT2D eigenvalue weighted by Gasteiger charge is -2.21. The smallest absolute Gasteiger partial charge is 0.462 e. The summed E-state index contributed by atoms with van der Waals surface area (Å²) in [6.45, 7) is 4.74. The average molecular weight is 1480 g/mol. The van der Waals surface area contributed by atoms with Gasteiger partial charge in [-0.3, -0.25) is 37.3 Å². The summed E-state index contributed by atoms with van der Waals surface area (Å²) in [6, 6.07) is 0. The third kappa shape index (κ3) is 74.5. The highest BCUT2D eigenvalue weighted by atomic mass is 31.2. The fraction of sp³-hybridized carbons (Fsp3) is 0.783. The minimum atomic E-state index is -4.98. The van der Waals surface area contributed by atoms with E-state index in [0.717, 1.165) is 180 Å². The van der Waals surface area contributed by atoms with E-state index < -0.39 is 97.5 Å². The van der Waals surface area contributed by atoms with E-state index in [2.05, 4.69) is 113 Å². The van der Waals surface area contributed by atoms with E-state index in [4.69, 9.17) is 37.0 Å². The average Bonchev–Trinajstić information content (AvgIpc) is 0.923. The largest absolute Gasteiger partial charge is 0.472 e. The molecular formula is C83H148O17P2. The van der Waals surface area contributed by atoms with E-state index >= 15 is 0 Å². The van der Waals surface area contributed by atoms with Gasteiger partial charge in [0.15, 0.2) is 12.2 Å². The van der Waals surface area contributed by atoms with Crippen LogP contribution in [-0.4, -0.2) is 96.7 Å². The summed E-state index contributed by atoms with van der Waals surface area (Å²) in [5, 5.41) is 10.6. The Morgan fingerprint density at radius 1 is 0.284 bits per heavy atom. The van der Waals surface area contributed by atoms with Crippen LogP contribution in [0.4, 0.5) is 0 Å². The maximum atomic E-state index is 13.1. The monoisotopic (exact) mass is 1480 g/mol. The number of hydrogen-bond donors (Lipinski definition) is 3. The molecular weight excluding hydrogens is 1330 g/mol. The molecule has 17 nitrogen and oxygen atoms in total. The quantitative estimate of drug-likeness (QED) is 0.0169. The number of ether oxygens (including phenoxy) is 4. The molecule has 0 aliphatic rings. The third-order valence-electron chi connectivity index (χ3n) is 17.3. The van der Waals surface area contributed by atoms with Crippen LogP contribution in [0.3, 0.4) is 0 Å². The zero-order chi connectivity index (χ0) is 74.6. The second kappa shape index (κ2) is 75.5. The van der Waals surface area contributed by atoms with Crippen LogP contribution in [0.25, 0.3) is 0 Å². The number of carbonyl (C=O) groups is 4. The standard InChI is InChI=1S/C83H148O17P2/c1-5-9-13-17-21-25-29-33-37-38-42-44-48-52-56-60-64-68-81(86)94-74-79(100-83(88)70-66-62-58-54-50-46-41-36-32-28-24-20-16-12-8-4)76-98-102(91,92)96-72-77(84)71-95-101(89,90)97-75-78(99-82(87)69-65-61-57-53-49-45-40-35-31-27-23-19-15-11-7-3)73-93-80(85)67-63-59-55-51-47-43-39-34-30-26-22-18-14-10-6-2/h9,13,21-23,25-27,33-35,37,39-40,77-79,84H,5-8,10-12,14-20,24,28-32,36,38,41-76H2,1-4H3,(H,89,90)(H,91,92)/b13-9-,25-21-,26-22-,27-23-,37-33-,39-34-,40-35-. The fourth-order valence-corrected chi connectivity index (χ4v) is 12.7. The van der Waals surface area contributed by atoms with Crippen molar-refractivity contribution in [2.75, 3.05) is 39.6 Å². The first-order chi connectivity index (χ1) is 49.7. The van der Waals surface area contributed by atoms with Crippen molar-refractivity contribution in [3.05, 3.63) is 85.1 Å². The van der Waals surface area contributed by atoms with Crippen LogP contribution in [0.5, 0.6) is 0 Å². The SMILES string of the molecule is CC/C=C\C/C=C\C/C=C\CCCCCCCCCC(=O)OCC(COP(=O)(O)OCC(O)COP(=O)(O)OCC(COC(=O)CCCCCCC/C=C\C/C=C\CCCCC)OC(=O)CCCCCCC/C=C\C/C=C\CCCCC)OC(=O)CCCCCCCCCCCCCCCCC. The normalized spacial score (nSPS) is 14.3. The lowest BCUT2D eigenvalue weighted by molar-refractivity contribution is -0.161. The summed E-state index contributed by atoms with van der Waals surface area (Å²) in [6.07, 6.45) is 78.3.